The molecule has 6 heteroatoms. The zero-order chi connectivity index (χ0) is 16.2. The van der Waals surface area contributed by atoms with Crippen LogP contribution < -0.4 is 10.6 Å². The van der Waals surface area contributed by atoms with Crippen molar-refractivity contribution in [3.8, 4) is 0 Å². The van der Waals surface area contributed by atoms with Gasteiger partial charge in [-0.3, -0.25) is 4.90 Å². The fourth-order valence-electron chi connectivity index (χ4n) is 3.32. The van der Waals surface area contributed by atoms with E-state index < -0.39 is 0 Å². The van der Waals surface area contributed by atoms with Gasteiger partial charge in [0.15, 0.2) is 0 Å². The van der Waals surface area contributed by atoms with E-state index in [1.165, 1.54) is 5.56 Å². The molecule has 0 amide bonds. The van der Waals surface area contributed by atoms with Crippen molar-refractivity contribution in [2.75, 3.05) is 38.6 Å². The van der Waals surface area contributed by atoms with Crippen LogP contribution in [0.3, 0.4) is 0 Å². The zero-order valence-corrected chi connectivity index (χ0v) is 15.1. The summed E-state index contributed by atoms with van der Waals surface area (Å²) in [6.07, 6.45) is 1.84. The van der Waals surface area contributed by atoms with Crippen molar-refractivity contribution in [3.05, 3.63) is 53.9 Å². The Hall–Kier alpha value is -1.69. The van der Waals surface area contributed by atoms with Crippen LogP contribution in [0.25, 0.3) is 0 Å². The molecule has 2 atom stereocenters. The second-order valence-electron chi connectivity index (χ2n) is 6.45. The quantitative estimate of drug-likeness (QED) is 0.898. The maximum Gasteiger partial charge on any atom is 0.225 e. The van der Waals surface area contributed by atoms with Crippen LogP contribution in [-0.2, 0) is 6.54 Å². The van der Waals surface area contributed by atoms with Crippen molar-refractivity contribution in [2.45, 2.75) is 12.5 Å². The van der Waals surface area contributed by atoms with Gasteiger partial charge in [0.05, 0.1) is 5.69 Å². The summed E-state index contributed by atoms with van der Waals surface area (Å²) in [5.74, 6) is 1.78. The van der Waals surface area contributed by atoms with Crippen molar-refractivity contribution in [1.29, 1.82) is 0 Å². The molecule has 130 valence electrons. The number of benzene rings is 1. The monoisotopic (exact) mass is 347 g/mol. The van der Waals surface area contributed by atoms with Gasteiger partial charge in [-0.25, -0.2) is 9.97 Å². The fraction of sp³-hybridized carbons (Fsp3) is 0.444. The minimum atomic E-state index is 0. The molecule has 1 saturated heterocycles. The first-order chi connectivity index (χ1) is 11.2. The van der Waals surface area contributed by atoms with E-state index in [0.29, 0.717) is 11.8 Å². The molecule has 0 spiro atoms. The van der Waals surface area contributed by atoms with E-state index in [9.17, 15) is 0 Å². The SMILES string of the molecule is CN(C)c1nccc(CN2C[C@@H](CN)[C@H](c3ccccc3)C2)n1.Cl. The second-order valence-corrected chi connectivity index (χ2v) is 6.45. The van der Waals surface area contributed by atoms with Crippen LogP contribution in [0, 0.1) is 5.92 Å². The lowest BCUT2D eigenvalue weighted by Crippen LogP contribution is -2.24. The van der Waals surface area contributed by atoms with E-state index in [-0.39, 0.29) is 12.4 Å². The highest BCUT2D eigenvalue weighted by atomic mass is 35.5. The van der Waals surface area contributed by atoms with Gasteiger partial charge >= 0.3 is 0 Å². The third-order valence-corrected chi connectivity index (χ3v) is 4.53. The molecule has 1 fully saturated rings. The van der Waals surface area contributed by atoms with Crippen LogP contribution in [0.4, 0.5) is 5.95 Å². The minimum absolute atomic E-state index is 0. The number of halogens is 1. The molecule has 0 aliphatic carbocycles. The molecule has 2 heterocycles. The van der Waals surface area contributed by atoms with Gasteiger partial charge in [-0.15, -0.1) is 12.4 Å². The van der Waals surface area contributed by atoms with Crippen molar-refractivity contribution in [2.24, 2.45) is 11.7 Å². The highest BCUT2D eigenvalue weighted by Gasteiger charge is 2.32. The van der Waals surface area contributed by atoms with E-state index in [1.54, 1.807) is 0 Å². The van der Waals surface area contributed by atoms with Crippen molar-refractivity contribution < 1.29 is 0 Å². The van der Waals surface area contributed by atoms with E-state index in [2.05, 4.69) is 45.2 Å². The maximum atomic E-state index is 6.02. The van der Waals surface area contributed by atoms with Gasteiger partial charge in [0.1, 0.15) is 0 Å². The van der Waals surface area contributed by atoms with Crippen LogP contribution in [-0.4, -0.2) is 48.6 Å². The van der Waals surface area contributed by atoms with Gasteiger partial charge in [0.25, 0.3) is 0 Å². The third-order valence-electron chi connectivity index (χ3n) is 4.53. The molecule has 0 bridgehead atoms. The molecular weight excluding hydrogens is 322 g/mol. The molecule has 3 rings (SSSR count). The summed E-state index contributed by atoms with van der Waals surface area (Å²) in [4.78, 5) is 13.3. The number of aromatic nitrogens is 2. The van der Waals surface area contributed by atoms with Crippen LogP contribution in [0.5, 0.6) is 0 Å². The number of rotatable bonds is 5. The molecule has 0 saturated carbocycles. The van der Waals surface area contributed by atoms with Crippen LogP contribution in [0.15, 0.2) is 42.6 Å². The number of anilines is 1. The Kier molecular flexibility index (Phi) is 6.54. The molecule has 2 aromatic rings. The standard InChI is InChI=1S/C18H25N5.ClH/c1-22(2)18-20-9-8-16(21-18)12-23-11-15(10-19)17(13-23)14-6-4-3-5-7-14;/h3-9,15,17H,10-13,19H2,1-2H3;1H/t15-,17+;/m1./s1. The topological polar surface area (TPSA) is 58.3 Å². The van der Waals surface area contributed by atoms with Crippen molar-refractivity contribution >= 4 is 18.4 Å². The molecule has 0 radical (unpaired) electrons. The highest BCUT2D eigenvalue weighted by Crippen LogP contribution is 2.32. The summed E-state index contributed by atoms with van der Waals surface area (Å²) >= 11 is 0. The molecule has 2 N–H and O–H groups in total. The Labute approximate surface area is 150 Å². The first kappa shape index (κ1) is 18.6. The van der Waals surface area contributed by atoms with Crippen molar-refractivity contribution in [1.82, 2.24) is 14.9 Å². The van der Waals surface area contributed by atoms with Gasteiger partial charge in [-0.05, 0) is 24.1 Å². The summed E-state index contributed by atoms with van der Waals surface area (Å²) < 4.78 is 0. The molecule has 1 aromatic carbocycles. The molecule has 24 heavy (non-hydrogen) atoms. The number of nitrogens with zero attached hydrogens (tertiary/aromatic N) is 4. The van der Waals surface area contributed by atoms with E-state index >= 15 is 0 Å². The third kappa shape index (κ3) is 4.23. The summed E-state index contributed by atoms with van der Waals surface area (Å²) in [6, 6.07) is 12.7. The Bertz CT molecular complexity index is 634. The van der Waals surface area contributed by atoms with Gasteiger partial charge < -0.3 is 10.6 Å². The smallest absolute Gasteiger partial charge is 0.225 e. The second kappa shape index (κ2) is 8.42. The normalized spacial score (nSPS) is 20.6. The number of hydrogen-bond donors (Lipinski definition) is 1. The molecule has 0 unspecified atom stereocenters. The van der Waals surface area contributed by atoms with Crippen LogP contribution >= 0.6 is 12.4 Å². The molecule has 1 aromatic heterocycles. The Balaban J connectivity index is 0.00000208. The van der Waals surface area contributed by atoms with Gasteiger partial charge in [-0.2, -0.15) is 0 Å². The molecule has 1 aliphatic heterocycles. The lowest BCUT2D eigenvalue weighted by atomic mass is 9.89. The fourth-order valence-corrected chi connectivity index (χ4v) is 3.32. The summed E-state index contributed by atoms with van der Waals surface area (Å²) in [7, 11) is 3.93. The predicted molar refractivity (Wildman–Crippen MR) is 101 cm³/mol. The average Bonchev–Trinajstić information content (AvgIpc) is 2.99. The number of hydrogen-bond acceptors (Lipinski definition) is 5. The Morgan fingerprint density at radius 1 is 1.17 bits per heavy atom. The highest BCUT2D eigenvalue weighted by molar-refractivity contribution is 5.85. The number of likely N-dealkylation sites (tertiary alicyclic amines) is 1. The van der Waals surface area contributed by atoms with Gasteiger partial charge in [0, 0.05) is 45.8 Å². The maximum absolute atomic E-state index is 6.02. The average molecular weight is 348 g/mol. The van der Waals surface area contributed by atoms with E-state index in [0.717, 1.165) is 37.8 Å². The Morgan fingerprint density at radius 3 is 2.58 bits per heavy atom. The lowest BCUT2D eigenvalue weighted by Gasteiger charge is -2.17. The molecule has 1 aliphatic rings. The van der Waals surface area contributed by atoms with E-state index in [1.807, 2.05) is 31.3 Å². The lowest BCUT2D eigenvalue weighted by molar-refractivity contribution is 0.313. The van der Waals surface area contributed by atoms with Crippen molar-refractivity contribution in [3.63, 3.8) is 0 Å². The van der Waals surface area contributed by atoms with Gasteiger partial charge in [-0.1, -0.05) is 30.3 Å². The van der Waals surface area contributed by atoms with Crippen LogP contribution in [0.2, 0.25) is 0 Å². The molecular formula is C18H26ClN5. The van der Waals surface area contributed by atoms with E-state index in [4.69, 9.17) is 5.73 Å². The first-order valence-electron chi connectivity index (χ1n) is 8.14. The largest absolute Gasteiger partial charge is 0.347 e. The number of nitrogens with two attached hydrogens (primary N) is 1. The first-order valence-corrected chi connectivity index (χ1v) is 8.14. The summed E-state index contributed by atoms with van der Waals surface area (Å²) in [6.45, 7) is 3.64. The summed E-state index contributed by atoms with van der Waals surface area (Å²) in [5.41, 5.74) is 8.48. The minimum Gasteiger partial charge on any atom is -0.347 e. The zero-order valence-electron chi connectivity index (χ0n) is 14.3. The summed E-state index contributed by atoms with van der Waals surface area (Å²) in [5, 5.41) is 0. The van der Waals surface area contributed by atoms with Crippen LogP contribution in [0.1, 0.15) is 17.2 Å². The Morgan fingerprint density at radius 2 is 1.92 bits per heavy atom. The molecule has 5 nitrogen and oxygen atoms in total. The van der Waals surface area contributed by atoms with Gasteiger partial charge in [0.2, 0.25) is 5.95 Å². The predicted octanol–water partition coefficient (Wildman–Crippen LogP) is 2.14.